The van der Waals surface area contributed by atoms with Crippen molar-refractivity contribution in [3.8, 4) is 5.75 Å². The average Bonchev–Trinajstić information content (AvgIpc) is 3.10. The molecule has 0 unspecified atom stereocenters. The lowest BCUT2D eigenvalue weighted by Gasteiger charge is -2.31. The second-order valence-corrected chi connectivity index (χ2v) is 5.80. The van der Waals surface area contributed by atoms with E-state index in [0.717, 1.165) is 29.2 Å². The molecule has 5 nitrogen and oxygen atoms in total. The van der Waals surface area contributed by atoms with Crippen molar-refractivity contribution in [2.24, 2.45) is 0 Å². The second kappa shape index (κ2) is 5.96. The minimum atomic E-state index is -0.232. The van der Waals surface area contributed by atoms with Crippen molar-refractivity contribution >= 4 is 5.95 Å². The Morgan fingerprint density at radius 1 is 1.08 bits per heavy atom. The molecule has 1 aliphatic rings. The van der Waals surface area contributed by atoms with Crippen LogP contribution in [0.25, 0.3) is 0 Å². The number of benzene rings is 2. The van der Waals surface area contributed by atoms with E-state index in [1.807, 2.05) is 41.1 Å². The number of anilines is 1. The highest BCUT2D eigenvalue weighted by atomic mass is 19.1. The predicted octanol–water partition coefficient (Wildman–Crippen LogP) is 3.57. The van der Waals surface area contributed by atoms with Gasteiger partial charge in [0.2, 0.25) is 5.95 Å². The van der Waals surface area contributed by atoms with Crippen molar-refractivity contribution in [2.75, 3.05) is 12.4 Å². The van der Waals surface area contributed by atoms with E-state index in [4.69, 9.17) is 4.74 Å². The quantitative estimate of drug-likeness (QED) is 0.800. The third-order valence-electron chi connectivity index (χ3n) is 4.40. The number of ether oxygens (including phenoxy) is 1. The van der Waals surface area contributed by atoms with Gasteiger partial charge in [-0.1, -0.05) is 24.3 Å². The van der Waals surface area contributed by atoms with Crippen LogP contribution in [0.4, 0.5) is 10.3 Å². The first kappa shape index (κ1) is 14.7. The Balaban J connectivity index is 1.69. The molecular weight excluding hydrogens is 307 g/mol. The van der Waals surface area contributed by atoms with Crippen LogP contribution in [0, 0.1) is 5.82 Å². The van der Waals surface area contributed by atoms with E-state index < -0.39 is 0 Å². The number of nitrogens with zero attached hydrogens (tertiary/aromatic N) is 3. The molecule has 6 heteroatoms. The Morgan fingerprint density at radius 2 is 1.79 bits per heavy atom. The van der Waals surface area contributed by atoms with Gasteiger partial charge in [0, 0.05) is 0 Å². The van der Waals surface area contributed by atoms with Crippen LogP contribution >= 0.6 is 0 Å². The standard InChI is InChI=1S/C18H17FN4O/c1-24-15-8-4-13(5-9-15)17-10-16(12-2-6-14(19)7-3-12)22-18-20-11-21-23(17)18/h2-9,11,16-17H,10H2,1H3,(H,20,21,22)/t16-,17-/m1/s1. The first-order chi connectivity index (χ1) is 11.7. The van der Waals surface area contributed by atoms with E-state index in [2.05, 4.69) is 15.4 Å². The number of aromatic nitrogens is 3. The summed E-state index contributed by atoms with van der Waals surface area (Å²) in [5, 5.41) is 7.73. The Bertz CT molecular complexity index is 829. The lowest BCUT2D eigenvalue weighted by molar-refractivity contribution is 0.411. The molecule has 2 atom stereocenters. The van der Waals surface area contributed by atoms with Gasteiger partial charge in [0.15, 0.2) is 0 Å². The Morgan fingerprint density at radius 3 is 2.50 bits per heavy atom. The summed E-state index contributed by atoms with van der Waals surface area (Å²) in [6, 6.07) is 14.7. The molecule has 0 bridgehead atoms. The summed E-state index contributed by atoms with van der Waals surface area (Å²) in [5.74, 6) is 1.31. The van der Waals surface area contributed by atoms with Crippen LogP contribution in [-0.4, -0.2) is 21.9 Å². The molecule has 0 amide bonds. The molecule has 122 valence electrons. The molecule has 1 aliphatic heterocycles. The van der Waals surface area contributed by atoms with Crippen molar-refractivity contribution in [1.29, 1.82) is 0 Å². The molecule has 1 N–H and O–H groups in total. The highest BCUT2D eigenvalue weighted by Gasteiger charge is 2.29. The molecule has 0 saturated heterocycles. The summed E-state index contributed by atoms with van der Waals surface area (Å²) in [5.41, 5.74) is 2.17. The van der Waals surface area contributed by atoms with Gasteiger partial charge in [-0.05, 0) is 41.8 Å². The van der Waals surface area contributed by atoms with E-state index >= 15 is 0 Å². The first-order valence-corrected chi connectivity index (χ1v) is 7.80. The van der Waals surface area contributed by atoms with Crippen molar-refractivity contribution in [3.63, 3.8) is 0 Å². The monoisotopic (exact) mass is 324 g/mol. The Hall–Kier alpha value is -2.89. The van der Waals surface area contributed by atoms with Gasteiger partial charge in [-0.15, -0.1) is 0 Å². The maximum atomic E-state index is 13.2. The average molecular weight is 324 g/mol. The summed E-state index contributed by atoms with van der Waals surface area (Å²) in [4.78, 5) is 4.30. The highest BCUT2D eigenvalue weighted by molar-refractivity contribution is 5.39. The number of fused-ring (bicyclic) bond motifs is 1. The number of methoxy groups -OCH3 is 1. The van der Waals surface area contributed by atoms with Gasteiger partial charge in [0.25, 0.3) is 0 Å². The summed E-state index contributed by atoms with van der Waals surface area (Å²) >= 11 is 0. The van der Waals surface area contributed by atoms with Crippen molar-refractivity contribution in [3.05, 3.63) is 71.8 Å². The van der Waals surface area contributed by atoms with Gasteiger partial charge < -0.3 is 10.1 Å². The van der Waals surface area contributed by atoms with Crippen LogP contribution in [0.3, 0.4) is 0 Å². The molecule has 1 aromatic heterocycles. The maximum absolute atomic E-state index is 13.2. The molecule has 2 heterocycles. The van der Waals surface area contributed by atoms with Gasteiger partial charge in [-0.3, -0.25) is 0 Å². The van der Waals surface area contributed by atoms with E-state index in [0.29, 0.717) is 0 Å². The summed E-state index contributed by atoms with van der Waals surface area (Å²) in [6.07, 6.45) is 2.35. The van der Waals surface area contributed by atoms with Crippen LogP contribution < -0.4 is 10.1 Å². The Labute approximate surface area is 139 Å². The molecule has 2 aromatic carbocycles. The molecule has 0 radical (unpaired) electrons. The zero-order valence-electron chi connectivity index (χ0n) is 13.2. The van der Waals surface area contributed by atoms with Crippen LogP contribution in [0.2, 0.25) is 0 Å². The van der Waals surface area contributed by atoms with E-state index in [1.54, 1.807) is 13.4 Å². The van der Waals surface area contributed by atoms with Gasteiger partial charge in [-0.25, -0.2) is 9.07 Å². The predicted molar refractivity (Wildman–Crippen MR) is 88.5 cm³/mol. The molecule has 0 aliphatic carbocycles. The number of halogens is 1. The second-order valence-electron chi connectivity index (χ2n) is 5.80. The topological polar surface area (TPSA) is 52.0 Å². The molecular formula is C18H17FN4O. The summed E-state index contributed by atoms with van der Waals surface area (Å²) in [7, 11) is 1.65. The first-order valence-electron chi connectivity index (χ1n) is 7.80. The van der Waals surface area contributed by atoms with E-state index in [1.165, 1.54) is 12.1 Å². The van der Waals surface area contributed by atoms with Crippen LogP contribution in [0.15, 0.2) is 54.9 Å². The summed E-state index contributed by atoms with van der Waals surface area (Å²) < 4.78 is 20.3. The highest BCUT2D eigenvalue weighted by Crippen LogP contribution is 2.37. The fraction of sp³-hybridized carbons (Fsp3) is 0.222. The summed E-state index contributed by atoms with van der Waals surface area (Å²) in [6.45, 7) is 0. The Kier molecular flexibility index (Phi) is 3.65. The minimum absolute atomic E-state index is 0.0504. The van der Waals surface area contributed by atoms with Crippen LogP contribution in [0.5, 0.6) is 5.75 Å². The number of nitrogens with one attached hydrogen (secondary N) is 1. The molecule has 0 saturated carbocycles. The van der Waals surface area contributed by atoms with Crippen LogP contribution in [-0.2, 0) is 0 Å². The van der Waals surface area contributed by atoms with E-state index in [-0.39, 0.29) is 17.9 Å². The SMILES string of the molecule is COc1ccc([C@H]2C[C@H](c3ccc(F)cc3)Nc3ncnn32)cc1. The van der Waals surface area contributed by atoms with Crippen LogP contribution in [0.1, 0.15) is 29.6 Å². The molecule has 0 fully saturated rings. The fourth-order valence-electron chi connectivity index (χ4n) is 3.14. The molecule has 3 aromatic rings. The third-order valence-corrected chi connectivity index (χ3v) is 4.40. The fourth-order valence-corrected chi connectivity index (χ4v) is 3.14. The third kappa shape index (κ3) is 2.60. The normalized spacial score (nSPS) is 19.4. The largest absolute Gasteiger partial charge is 0.497 e. The van der Waals surface area contributed by atoms with Gasteiger partial charge in [0.05, 0.1) is 19.2 Å². The number of hydrogen-bond donors (Lipinski definition) is 1. The zero-order chi connectivity index (χ0) is 16.5. The van der Waals surface area contributed by atoms with Gasteiger partial charge >= 0.3 is 0 Å². The smallest absolute Gasteiger partial charge is 0.222 e. The number of hydrogen-bond acceptors (Lipinski definition) is 4. The molecule has 0 spiro atoms. The lowest BCUT2D eigenvalue weighted by Crippen LogP contribution is -2.28. The van der Waals surface area contributed by atoms with Gasteiger partial charge in [-0.2, -0.15) is 10.1 Å². The van der Waals surface area contributed by atoms with Crippen molar-refractivity contribution in [2.45, 2.75) is 18.5 Å². The van der Waals surface area contributed by atoms with Crippen molar-refractivity contribution < 1.29 is 9.13 Å². The zero-order valence-corrected chi connectivity index (χ0v) is 13.2. The molecule has 24 heavy (non-hydrogen) atoms. The maximum Gasteiger partial charge on any atom is 0.222 e. The number of rotatable bonds is 3. The molecule has 4 rings (SSSR count). The van der Waals surface area contributed by atoms with E-state index in [9.17, 15) is 4.39 Å². The minimum Gasteiger partial charge on any atom is -0.497 e. The van der Waals surface area contributed by atoms with Crippen molar-refractivity contribution in [1.82, 2.24) is 14.8 Å². The lowest BCUT2D eigenvalue weighted by atomic mass is 9.93. The van der Waals surface area contributed by atoms with Gasteiger partial charge in [0.1, 0.15) is 17.9 Å².